The van der Waals surface area contributed by atoms with Gasteiger partial charge in [0.1, 0.15) is 5.82 Å². The van der Waals surface area contributed by atoms with E-state index in [1.54, 1.807) is 26.0 Å². The summed E-state index contributed by atoms with van der Waals surface area (Å²) >= 11 is 0. The lowest BCUT2D eigenvalue weighted by Crippen LogP contribution is -2.44. The van der Waals surface area contributed by atoms with E-state index >= 15 is 0 Å². The summed E-state index contributed by atoms with van der Waals surface area (Å²) in [5.74, 6) is -0.453. The van der Waals surface area contributed by atoms with Crippen LogP contribution in [0.1, 0.15) is 47.7 Å². The fraction of sp³-hybridized carbons (Fsp3) is 0.562. The maximum absolute atomic E-state index is 13.6. The molecule has 1 aliphatic carbocycles. The molecular weight excluding hydrogens is 257 g/mol. The van der Waals surface area contributed by atoms with Crippen LogP contribution in [0.3, 0.4) is 0 Å². The second-order valence-corrected chi connectivity index (χ2v) is 6.15. The third-order valence-corrected chi connectivity index (χ3v) is 4.45. The summed E-state index contributed by atoms with van der Waals surface area (Å²) in [6, 6.07) is 3.12. The summed E-state index contributed by atoms with van der Waals surface area (Å²) in [7, 11) is 0. The number of hydrogen-bond acceptors (Lipinski definition) is 2. The van der Waals surface area contributed by atoms with Crippen molar-refractivity contribution in [2.45, 2.75) is 46.1 Å². The van der Waals surface area contributed by atoms with Crippen LogP contribution in [0.5, 0.6) is 0 Å². The Bertz CT molecular complexity index is 506. The van der Waals surface area contributed by atoms with E-state index < -0.39 is 0 Å². The van der Waals surface area contributed by atoms with Gasteiger partial charge in [0.2, 0.25) is 0 Å². The van der Waals surface area contributed by atoms with E-state index in [-0.39, 0.29) is 29.8 Å². The molecule has 0 saturated heterocycles. The van der Waals surface area contributed by atoms with Crippen molar-refractivity contribution in [1.29, 1.82) is 0 Å². The number of amides is 1. The van der Waals surface area contributed by atoms with Gasteiger partial charge in [-0.15, -0.1) is 0 Å². The predicted molar refractivity (Wildman–Crippen MR) is 76.2 cm³/mol. The molecule has 2 unspecified atom stereocenters. The number of carbonyl (C=O) groups excluding carboxylic acids is 1. The van der Waals surface area contributed by atoms with Crippen molar-refractivity contribution >= 4 is 5.91 Å². The van der Waals surface area contributed by atoms with Gasteiger partial charge in [-0.25, -0.2) is 4.39 Å². The smallest absolute Gasteiger partial charge is 0.251 e. The van der Waals surface area contributed by atoms with Crippen molar-refractivity contribution < 1.29 is 14.3 Å². The lowest BCUT2D eigenvalue weighted by molar-refractivity contribution is 0.0830. The number of rotatable bonds is 3. The van der Waals surface area contributed by atoms with E-state index in [9.17, 15) is 14.3 Å². The number of benzene rings is 1. The predicted octanol–water partition coefficient (Wildman–Crippen LogP) is 2.72. The molecule has 2 rings (SSSR count). The quantitative estimate of drug-likeness (QED) is 0.893. The first-order chi connectivity index (χ1) is 9.37. The van der Waals surface area contributed by atoms with E-state index in [0.29, 0.717) is 16.7 Å². The van der Waals surface area contributed by atoms with Crippen LogP contribution in [0.4, 0.5) is 4.39 Å². The molecule has 1 amide bonds. The maximum Gasteiger partial charge on any atom is 0.251 e. The van der Waals surface area contributed by atoms with Gasteiger partial charge in [-0.2, -0.15) is 0 Å². The van der Waals surface area contributed by atoms with Crippen LogP contribution in [-0.4, -0.2) is 23.7 Å². The largest absolute Gasteiger partial charge is 0.396 e. The Balaban J connectivity index is 2.17. The van der Waals surface area contributed by atoms with Crippen molar-refractivity contribution in [2.75, 3.05) is 6.61 Å². The topological polar surface area (TPSA) is 49.3 Å². The SMILES string of the molecule is Cc1cc(C(=O)NC2CCCC2(C)CO)cc(C)c1F. The van der Waals surface area contributed by atoms with Crippen LogP contribution >= 0.6 is 0 Å². The van der Waals surface area contributed by atoms with Crippen LogP contribution in [0.2, 0.25) is 0 Å². The molecule has 0 aliphatic heterocycles. The van der Waals surface area contributed by atoms with Gasteiger partial charge in [0.05, 0.1) is 6.61 Å². The van der Waals surface area contributed by atoms with Crippen molar-refractivity contribution in [2.24, 2.45) is 5.41 Å². The zero-order chi connectivity index (χ0) is 14.9. The molecule has 4 heteroatoms. The molecule has 2 atom stereocenters. The molecule has 0 radical (unpaired) electrons. The maximum atomic E-state index is 13.6. The van der Waals surface area contributed by atoms with E-state index in [2.05, 4.69) is 5.32 Å². The molecule has 0 aromatic heterocycles. The number of aliphatic hydroxyl groups is 1. The summed E-state index contributed by atoms with van der Waals surface area (Å²) in [6.07, 6.45) is 2.79. The van der Waals surface area contributed by atoms with E-state index in [4.69, 9.17) is 0 Å². The summed E-state index contributed by atoms with van der Waals surface area (Å²) in [6.45, 7) is 5.38. The molecule has 2 N–H and O–H groups in total. The third kappa shape index (κ3) is 2.70. The molecule has 0 spiro atoms. The van der Waals surface area contributed by atoms with Gasteiger partial charge in [-0.1, -0.05) is 13.3 Å². The number of nitrogens with one attached hydrogen (secondary N) is 1. The molecule has 110 valence electrons. The van der Waals surface area contributed by atoms with Gasteiger partial charge >= 0.3 is 0 Å². The Labute approximate surface area is 119 Å². The summed E-state index contributed by atoms with van der Waals surface area (Å²) in [5.41, 5.74) is 1.19. The second kappa shape index (κ2) is 5.52. The Kier molecular flexibility index (Phi) is 4.14. The zero-order valence-electron chi connectivity index (χ0n) is 12.3. The minimum absolute atomic E-state index is 0.0225. The zero-order valence-corrected chi connectivity index (χ0v) is 12.3. The number of aliphatic hydroxyl groups excluding tert-OH is 1. The first kappa shape index (κ1) is 15.0. The molecule has 1 aliphatic rings. The Morgan fingerprint density at radius 3 is 2.60 bits per heavy atom. The van der Waals surface area contributed by atoms with Gasteiger partial charge in [-0.3, -0.25) is 4.79 Å². The summed E-state index contributed by atoms with van der Waals surface area (Å²) < 4.78 is 13.6. The highest BCUT2D eigenvalue weighted by molar-refractivity contribution is 5.94. The summed E-state index contributed by atoms with van der Waals surface area (Å²) in [5, 5.41) is 12.5. The number of carbonyl (C=O) groups is 1. The Hall–Kier alpha value is -1.42. The monoisotopic (exact) mass is 279 g/mol. The average molecular weight is 279 g/mol. The molecule has 3 nitrogen and oxygen atoms in total. The van der Waals surface area contributed by atoms with Crippen LogP contribution < -0.4 is 5.32 Å². The lowest BCUT2D eigenvalue weighted by atomic mass is 9.85. The highest BCUT2D eigenvalue weighted by atomic mass is 19.1. The third-order valence-electron chi connectivity index (χ3n) is 4.45. The highest BCUT2D eigenvalue weighted by Gasteiger charge is 2.39. The number of aryl methyl sites for hydroxylation is 2. The number of hydrogen-bond donors (Lipinski definition) is 2. The molecular formula is C16H22FNO2. The minimum Gasteiger partial charge on any atom is -0.396 e. The van der Waals surface area contributed by atoms with Gasteiger partial charge in [0, 0.05) is 17.0 Å². The van der Waals surface area contributed by atoms with E-state index in [1.807, 2.05) is 6.92 Å². The minimum atomic E-state index is -0.261. The Morgan fingerprint density at radius 2 is 2.05 bits per heavy atom. The molecule has 0 bridgehead atoms. The fourth-order valence-corrected chi connectivity index (χ4v) is 2.99. The normalized spacial score (nSPS) is 25.8. The molecule has 1 saturated carbocycles. The number of halogens is 1. The van der Waals surface area contributed by atoms with E-state index in [0.717, 1.165) is 19.3 Å². The Morgan fingerprint density at radius 1 is 1.45 bits per heavy atom. The van der Waals surface area contributed by atoms with Crippen molar-refractivity contribution in [3.05, 3.63) is 34.6 Å². The van der Waals surface area contributed by atoms with Gasteiger partial charge in [0.15, 0.2) is 0 Å². The van der Waals surface area contributed by atoms with Gasteiger partial charge < -0.3 is 10.4 Å². The van der Waals surface area contributed by atoms with Crippen molar-refractivity contribution in [3.8, 4) is 0 Å². The molecule has 20 heavy (non-hydrogen) atoms. The molecule has 0 heterocycles. The molecule has 1 aromatic carbocycles. The highest BCUT2D eigenvalue weighted by Crippen LogP contribution is 2.37. The summed E-state index contributed by atoms with van der Waals surface area (Å²) in [4.78, 5) is 12.3. The first-order valence-electron chi connectivity index (χ1n) is 7.06. The standard InChI is InChI=1S/C16H22FNO2/c1-10-7-12(8-11(2)14(10)17)15(20)18-13-5-4-6-16(13,3)9-19/h7-8,13,19H,4-6,9H2,1-3H3,(H,18,20). The molecule has 1 aromatic rings. The van der Waals surface area contributed by atoms with E-state index in [1.165, 1.54) is 0 Å². The first-order valence-corrected chi connectivity index (χ1v) is 7.06. The second-order valence-electron chi connectivity index (χ2n) is 6.15. The average Bonchev–Trinajstić information content (AvgIpc) is 2.77. The molecule has 1 fully saturated rings. The lowest BCUT2D eigenvalue weighted by Gasteiger charge is -2.30. The van der Waals surface area contributed by atoms with Crippen molar-refractivity contribution in [3.63, 3.8) is 0 Å². The van der Waals surface area contributed by atoms with Gasteiger partial charge in [0.25, 0.3) is 5.91 Å². The van der Waals surface area contributed by atoms with Crippen molar-refractivity contribution in [1.82, 2.24) is 5.32 Å². The van der Waals surface area contributed by atoms with Crippen LogP contribution in [0.15, 0.2) is 12.1 Å². The fourth-order valence-electron chi connectivity index (χ4n) is 2.99. The van der Waals surface area contributed by atoms with Crippen LogP contribution in [0.25, 0.3) is 0 Å². The van der Waals surface area contributed by atoms with Gasteiger partial charge in [-0.05, 0) is 49.9 Å². The van der Waals surface area contributed by atoms with Crippen LogP contribution in [-0.2, 0) is 0 Å². The van der Waals surface area contributed by atoms with Crippen LogP contribution in [0, 0.1) is 25.1 Å².